The van der Waals surface area contributed by atoms with Crippen LogP contribution in [-0.2, 0) is 0 Å². The Balaban J connectivity index is 2.49. The zero-order valence-electron chi connectivity index (χ0n) is 7.84. The highest BCUT2D eigenvalue weighted by Crippen LogP contribution is 2.05. The second-order valence-corrected chi connectivity index (χ2v) is 2.90. The van der Waals surface area contributed by atoms with Gasteiger partial charge < -0.3 is 5.73 Å². The van der Waals surface area contributed by atoms with Crippen molar-refractivity contribution in [2.75, 3.05) is 5.73 Å². The van der Waals surface area contributed by atoms with Crippen molar-refractivity contribution in [2.45, 2.75) is 13.8 Å². The van der Waals surface area contributed by atoms with Crippen LogP contribution in [0.5, 0.6) is 0 Å². The summed E-state index contributed by atoms with van der Waals surface area (Å²) >= 11 is 0. The summed E-state index contributed by atoms with van der Waals surface area (Å²) in [7, 11) is 0. The van der Waals surface area contributed by atoms with E-state index in [-0.39, 0.29) is 5.95 Å². The van der Waals surface area contributed by atoms with Crippen LogP contribution in [0, 0.1) is 13.8 Å². The van der Waals surface area contributed by atoms with Gasteiger partial charge in [0.25, 0.3) is 11.9 Å². The van der Waals surface area contributed by atoms with Crippen LogP contribution < -0.4 is 5.73 Å². The van der Waals surface area contributed by atoms with E-state index < -0.39 is 0 Å². The predicted molar refractivity (Wildman–Crippen MR) is 48.6 cm³/mol. The van der Waals surface area contributed by atoms with E-state index in [2.05, 4.69) is 25.5 Å². The second-order valence-electron chi connectivity index (χ2n) is 2.90. The third-order valence-corrected chi connectivity index (χ3v) is 1.68. The molecule has 0 amide bonds. The monoisotopic (exact) mass is 191 g/mol. The minimum absolute atomic E-state index is 0.0512. The molecule has 0 unspecified atom stereocenters. The SMILES string of the molecule is Cc1cc(C)n(-c2nnc(N)nn2)n1. The third-order valence-electron chi connectivity index (χ3n) is 1.68. The summed E-state index contributed by atoms with van der Waals surface area (Å²) < 4.78 is 1.56. The molecular weight excluding hydrogens is 182 g/mol. The summed E-state index contributed by atoms with van der Waals surface area (Å²) in [5.41, 5.74) is 7.09. The molecule has 2 aromatic rings. The lowest BCUT2D eigenvalue weighted by Gasteiger charge is -1.98. The van der Waals surface area contributed by atoms with Crippen molar-refractivity contribution in [1.82, 2.24) is 30.2 Å². The van der Waals surface area contributed by atoms with Crippen LogP contribution in [-0.4, -0.2) is 30.2 Å². The molecule has 7 heteroatoms. The van der Waals surface area contributed by atoms with E-state index in [9.17, 15) is 0 Å². The fourth-order valence-corrected chi connectivity index (χ4v) is 1.15. The number of hydrogen-bond acceptors (Lipinski definition) is 6. The number of nitrogens with two attached hydrogens (primary N) is 1. The lowest BCUT2D eigenvalue weighted by atomic mass is 10.4. The molecule has 2 heterocycles. The van der Waals surface area contributed by atoms with Crippen LogP contribution in [0.15, 0.2) is 6.07 Å². The van der Waals surface area contributed by atoms with E-state index >= 15 is 0 Å². The molecule has 0 saturated heterocycles. The van der Waals surface area contributed by atoms with Crippen LogP contribution in [0.1, 0.15) is 11.4 Å². The van der Waals surface area contributed by atoms with Crippen molar-refractivity contribution in [1.29, 1.82) is 0 Å². The molecule has 0 fully saturated rings. The fourth-order valence-electron chi connectivity index (χ4n) is 1.15. The van der Waals surface area contributed by atoms with E-state index in [1.165, 1.54) is 0 Å². The second kappa shape index (κ2) is 3.02. The number of anilines is 1. The summed E-state index contributed by atoms with van der Waals surface area (Å²) in [6.45, 7) is 3.79. The number of nitrogens with zero attached hydrogens (tertiary/aromatic N) is 6. The Labute approximate surface area is 80.0 Å². The Morgan fingerprint density at radius 1 is 1.14 bits per heavy atom. The Morgan fingerprint density at radius 2 is 1.79 bits per heavy atom. The molecule has 0 atom stereocenters. The minimum Gasteiger partial charge on any atom is -0.365 e. The Hall–Kier alpha value is -2.05. The Morgan fingerprint density at radius 3 is 2.29 bits per heavy atom. The van der Waals surface area contributed by atoms with Crippen molar-refractivity contribution in [3.8, 4) is 5.95 Å². The molecule has 2 aromatic heterocycles. The van der Waals surface area contributed by atoms with E-state index in [1.54, 1.807) is 4.68 Å². The predicted octanol–water partition coefficient (Wildman–Crippen LogP) is -0.349. The van der Waals surface area contributed by atoms with E-state index in [0.717, 1.165) is 11.4 Å². The molecule has 2 N–H and O–H groups in total. The molecule has 0 radical (unpaired) electrons. The van der Waals surface area contributed by atoms with E-state index in [0.29, 0.717) is 5.95 Å². The highest BCUT2D eigenvalue weighted by molar-refractivity contribution is 5.18. The first-order valence-corrected chi connectivity index (χ1v) is 4.03. The van der Waals surface area contributed by atoms with Gasteiger partial charge in [-0.25, -0.2) is 4.68 Å². The number of nitrogen functional groups attached to an aromatic ring is 1. The first-order chi connectivity index (χ1) is 6.66. The zero-order valence-corrected chi connectivity index (χ0v) is 7.84. The molecule has 0 spiro atoms. The number of rotatable bonds is 1. The van der Waals surface area contributed by atoms with Gasteiger partial charge in [-0.3, -0.25) is 0 Å². The smallest absolute Gasteiger partial charge is 0.289 e. The quantitative estimate of drug-likeness (QED) is 0.662. The Bertz CT molecular complexity index is 444. The molecule has 0 aliphatic heterocycles. The van der Waals surface area contributed by atoms with E-state index in [1.807, 2.05) is 19.9 Å². The van der Waals surface area contributed by atoms with Crippen molar-refractivity contribution >= 4 is 5.95 Å². The first-order valence-electron chi connectivity index (χ1n) is 4.03. The van der Waals surface area contributed by atoms with Gasteiger partial charge >= 0.3 is 0 Å². The maximum absolute atomic E-state index is 5.27. The lowest BCUT2D eigenvalue weighted by molar-refractivity contribution is 0.714. The van der Waals surface area contributed by atoms with Gasteiger partial charge in [-0.05, 0) is 19.9 Å². The van der Waals surface area contributed by atoms with Gasteiger partial charge in [-0.2, -0.15) is 5.10 Å². The number of aromatic nitrogens is 6. The van der Waals surface area contributed by atoms with Crippen LogP contribution in [0.4, 0.5) is 5.95 Å². The normalized spacial score (nSPS) is 10.4. The minimum atomic E-state index is 0.0512. The van der Waals surface area contributed by atoms with Crippen LogP contribution in [0.2, 0.25) is 0 Å². The average molecular weight is 191 g/mol. The van der Waals surface area contributed by atoms with Crippen molar-refractivity contribution in [3.63, 3.8) is 0 Å². The van der Waals surface area contributed by atoms with Crippen molar-refractivity contribution in [2.24, 2.45) is 0 Å². The average Bonchev–Trinajstić information content (AvgIpc) is 2.47. The third kappa shape index (κ3) is 1.39. The topological polar surface area (TPSA) is 95.4 Å². The summed E-state index contributed by atoms with van der Waals surface area (Å²) in [5, 5.41) is 18.9. The molecule has 2 rings (SSSR count). The largest absolute Gasteiger partial charge is 0.365 e. The highest BCUT2D eigenvalue weighted by Gasteiger charge is 2.06. The maximum atomic E-state index is 5.27. The highest BCUT2D eigenvalue weighted by atomic mass is 15.4. The van der Waals surface area contributed by atoms with Crippen molar-refractivity contribution < 1.29 is 0 Å². The van der Waals surface area contributed by atoms with Crippen molar-refractivity contribution in [3.05, 3.63) is 17.5 Å². The molecule has 0 saturated carbocycles. The van der Waals surface area contributed by atoms with Crippen LogP contribution >= 0.6 is 0 Å². The van der Waals surface area contributed by atoms with Crippen LogP contribution in [0.3, 0.4) is 0 Å². The molecule has 0 aromatic carbocycles. The van der Waals surface area contributed by atoms with Gasteiger partial charge in [0, 0.05) is 5.69 Å². The van der Waals surface area contributed by atoms with Crippen LogP contribution in [0.25, 0.3) is 5.95 Å². The maximum Gasteiger partial charge on any atom is 0.289 e. The molecule has 14 heavy (non-hydrogen) atoms. The zero-order chi connectivity index (χ0) is 10.1. The van der Waals surface area contributed by atoms with Gasteiger partial charge in [0.05, 0.1) is 5.69 Å². The molecular formula is C7H9N7. The molecule has 0 aliphatic rings. The number of hydrogen-bond donors (Lipinski definition) is 1. The fraction of sp³-hybridized carbons (Fsp3) is 0.286. The van der Waals surface area contributed by atoms with Gasteiger partial charge in [0.1, 0.15) is 0 Å². The summed E-state index contributed by atoms with van der Waals surface area (Å²) in [4.78, 5) is 0. The Kier molecular flexibility index (Phi) is 1.84. The van der Waals surface area contributed by atoms with E-state index in [4.69, 9.17) is 5.73 Å². The summed E-state index contributed by atoms with van der Waals surface area (Å²) in [5.74, 6) is 0.375. The number of aryl methyl sites for hydroxylation is 2. The molecule has 7 nitrogen and oxygen atoms in total. The molecule has 72 valence electrons. The van der Waals surface area contributed by atoms with Gasteiger partial charge in [0.2, 0.25) is 0 Å². The molecule has 0 aliphatic carbocycles. The molecule has 0 bridgehead atoms. The summed E-state index contributed by atoms with van der Waals surface area (Å²) in [6.07, 6.45) is 0. The standard InChI is InChI=1S/C7H9N7/c1-4-3-5(2)14(13-4)7-11-9-6(8)10-12-7/h3H,1-2H3,(H2,8,9,10). The van der Waals surface area contributed by atoms with Gasteiger partial charge in [0.15, 0.2) is 0 Å². The van der Waals surface area contributed by atoms with Gasteiger partial charge in [-0.15, -0.1) is 20.4 Å². The first kappa shape index (κ1) is 8.54. The lowest BCUT2D eigenvalue weighted by Crippen LogP contribution is -2.09. The summed E-state index contributed by atoms with van der Waals surface area (Å²) in [6, 6.07) is 1.92. The van der Waals surface area contributed by atoms with Gasteiger partial charge in [-0.1, -0.05) is 0 Å².